The van der Waals surface area contributed by atoms with Crippen LogP contribution in [-0.4, -0.2) is 55.4 Å². The highest BCUT2D eigenvalue weighted by atomic mass is 19.1. The summed E-state index contributed by atoms with van der Waals surface area (Å²) in [7, 11) is 0. The molecule has 120 valence electrons. The summed E-state index contributed by atoms with van der Waals surface area (Å²) in [6, 6.07) is 0. The van der Waals surface area contributed by atoms with Crippen LogP contribution in [0.15, 0.2) is 11.1 Å². The van der Waals surface area contributed by atoms with Crippen LogP contribution in [0.1, 0.15) is 13.2 Å². The molecule has 1 aliphatic heterocycles. The Bertz CT molecular complexity index is 671. The standard InChI is InChI=1S/C12H14F2N4O4/c1-6(19)7-8(20)12(14,3-2-4-13)9(22-7)18-5-16-10(15)17-11(18)21/h5-9,19-20H,4H2,1H3,(H2,15,17,21)/t6-,7-,8?,9-,12-/m1/s1. The van der Waals surface area contributed by atoms with Crippen molar-refractivity contribution in [2.24, 2.45) is 0 Å². The molecule has 1 unspecified atom stereocenters. The number of anilines is 1. The molecule has 22 heavy (non-hydrogen) atoms. The van der Waals surface area contributed by atoms with Crippen molar-refractivity contribution in [3.8, 4) is 11.8 Å². The molecule has 5 atom stereocenters. The molecular weight excluding hydrogens is 302 g/mol. The lowest BCUT2D eigenvalue weighted by Gasteiger charge is -2.23. The van der Waals surface area contributed by atoms with Crippen LogP contribution in [0.25, 0.3) is 0 Å². The lowest BCUT2D eigenvalue weighted by Crippen LogP contribution is -2.45. The highest BCUT2D eigenvalue weighted by Crippen LogP contribution is 2.41. The van der Waals surface area contributed by atoms with Gasteiger partial charge in [0.1, 0.15) is 25.2 Å². The van der Waals surface area contributed by atoms with E-state index in [0.717, 1.165) is 6.33 Å². The first-order chi connectivity index (χ1) is 10.3. The maximum atomic E-state index is 15.1. The van der Waals surface area contributed by atoms with E-state index in [2.05, 4.69) is 9.97 Å². The maximum Gasteiger partial charge on any atom is 0.354 e. The van der Waals surface area contributed by atoms with Gasteiger partial charge in [-0.15, -0.1) is 0 Å². The molecule has 1 saturated heterocycles. The molecule has 1 aromatic heterocycles. The lowest BCUT2D eigenvalue weighted by molar-refractivity contribution is -0.0806. The molecule has 0 aliphatic carbocycles. The first-order valence-electron chi connectivity index (χ1n) is 6.28. The van der Waals surface area contributed by atoms with Gasteiger partial charge in [0.2, 0.25) is 11.6 Å². The number of hydrogen-bond donors (Lipinski definition) is 3. The molecule has 2 heterocycles. The molecule has 0 saturated carbocycles. The third-order valence-electron chi connectivity index (χ3n) is 3.21. The first kappa shape index (κ1) is 16.3. The normalized spacial score (nSPS) is 32.3. The number of nitrogens with two attached hydrogens (primary N) is 1. The van der Waals surface area contributed by atoms with E-state index in [9.17, 15) is 19.4 Å². The van der Waals surface area contributed by atoms with Gasteiger partial charge in [0, 0.05) is 0 Å². The number of aliphatic hydroxyl groups excluding tert-OH is 2. The Labute approximate surface area is 123 Å². The SMILES string of the molecule is C[C@@H](O)[C@H]1O[C@@H](n2cnc(N)nc2=O)[C@@](F)(C#CCF)C1O. The molecule has 1 aliphatic rings. The Morgan fingerprint density at radius 1 is 1.68 bits per heavy atom. The van der Waals surface area contributed by atoms with Gasteiger partial charge in [0.25, 0.3) is 0 Å². The summed E-state index contributed by atoms with van der Waals surface area (Å²) in [6.07, 6.45) is -5.41. The van der Waals surface area contributed by atoms with Gasteiger partial charge in [-0.05, 0) is 6.92 Å². The van der Waals surface area contributed by atoms with Crippen molar-refractivity contribution in [2.75, 3.05) is 12.4 Å². The monoisotopic (exact) mass is 316 g/mol. The van der Waals surface area contributed by atoms with Crippen molar-refractivity contribution in [3.63, 3.8) is 0 Å². The van der Waals surface area contributed by atoms with E-state index in [4.69, 9.17) is 10.5 Å². The van der Waals surface area contributed by atoms with Gasteiger partial charge in [-0.3, -0.25) is 4.57 Å². The van der Waals surface area contributed by atoms with Crippen LogP contribution >= 0.6 is 0 Å². The molecule has 0 spiro atoms. The van der Waals surface area contributed by atoms with Crippen LogP contribution in [0, 0.1) is 11.8 Å². The predicted molar refractivity (Wildman–Crippen MR) is 69.9 cm³/mol. The molecule has 0 aromatic carbocycles. The number of hydrogen-bond acceptors (Lipinski definition) is 7. The molecular formula is C12H14F2N4O4. The second-order valence-electron chi connectivity index (χ2n) is 4.75. The smallest absolute Gasteiger partial charge is 0.354 e. The van der Waals surface area contributed by atoms with Gasteiger partial charge in [-0.2, -0.15) is 4.98 Å². The van der Waals surface area contributed by atoms with E-state index in [1.807, 2.05) is 11.8 Å². The Balaban J connectivity index is 2.53. The minimum atomic E-state index is -2.82. The van der Waals surface area contributed by atoms with Crippen LogP contribution in [0.3, 0.4) is 0 Å². The van der Waals surface area contributed by atoms with Crippen molar-refractivity contribution < 1.29 is 23.7 Å². The maximum absolute atomic E-state index is 15.1. The third kappa shape index (κ3) is 2.66. The molecule has 2 rings (SSSR count). The van der Waals surface area contributed by atoms with Gasteiger partial charge in [-0.1, -0.05) is 11.8 Å². The fourth-order valence-electron chi connectivity index (χ4n) is 2.17. The topological polar surface area (TPSA) is 123 Å². The van der Waals surface area contributed by atoms with E-state index in [1.165, 1.54) is 6.92 Å². The lowest BCUT2D eigenvalue weighted by atomic mass is 9.94. The summed E-state index contributed by atoms with van der Waals surface area (Å²) in [5.41, 5.74) is 1.43. The number of rotatable bonds is 2. The number of halogens is 2. The van der Waals surface area contributed by atoms with Crippen LogP contribution in [0.4, 0.5) is 14.7 Å². The molecule has 0 bridgehead atoms. The molecule has 0 amide bonds. The van der Waals surface area contributed by atoms with Gasteiger partial charge in [-0.25, -0.2) is 18.6 Å². The molecule has 1 aromatic rings. The summed E-state index contributed by atoms with van der Waals surface area (Å²) < 4.78 is 33.1. The summed E-state index contributed by atoms with van der Waals surface area (Å²) in [4.78, 5) is 18.7. The number of nitrogen functional groups attached to an aromatic ring is 1. The van der Waals surface area contributed by atoms with Crippen molar-refractivity contribution in [2.45, 2.75) is 37.1 Å². The van der Waals surface area contributed by atoms with E-state index in [1.54, 1.807) is 0 Å². The second kappa shape index (κ2) is 5.96. The fraction of sp³-hybridized carbons (Fsp3) is 0.583. The highest BCUT2D eigenvalue weighted by Gasteiger charge is 2.59. The van der Waals surface area contributed by atoms with Gasteiger partial charge < -0.3 is 20.7 Å². The Morgan fingerprint density at radius 2 is 2.36 bits per heavy atom. The molecule has 4 N–H and O–H groups in total. The molecule has 8 nitrogen and oxygen atoms in total. The van der Waals surface area contributed by atoms with Crippen LogP contribution < -0.4 is 11.4 Å². The number of ether oxygens (including phenoxy) is 1. The predicted octanol–water partition coefficient (Wildman–Crippen LogP) is -1.46. The van der Waals surface area contributed by atoms with Crippen molar-refractivity contribution >= 4 is 5.95 Å². The van der Waals surface area contributed by atoms with E-state index < -0.39 is 42.6 Å². The number of aromatic nitrogens is 3. The summed E-state index contributed by atoms with van der Waals surface area (Å²) in [5.74, 6) is 3.44. The number of nitrogens with zero attached hydrogens (tertiary/aromatic N) is 3. The van der Waals surface area contributed by atoms with E-state index in [0.29, 0.717) is 4.57 Å². The summed E-state index contributed by atoms with van der Waals surface area (Å²) in [6.45, 7) is 0.110. The average molecular weight is 316 g/mol. The summed E-state index contributed by atoms with van der Waals surface area (Å²) >= 11 is 0. The fourth-order valence-corrected chi connectivity index (χ4v) is 2.17. The molecule has 10 heteroatoms. The second-order valence-corrected chi connectivity index (χ2v) is 4.75. The zero-order valence-electron chi connectivity index (χ0n) is 11.5. The quantitative estimate of drug-likeness (QED) is 0.570. The Hall–Kier alpha value is -2.09. The minimum Gasteiger partial charge on any atom is -0.391 e. The Kier molecular flexibility index (Phi) is 4.41. The minimum absolute atomic E-state index is 0.328. The van der Waals surface area contributed by atoms with Crippen LogP contribution in [-0.2, 0) is 4.74 Å². The number of alkyl halides is 2. The zero-order chi connectivity index (χ0) is 16.5. The largest absolute Gasteiger partial charge is 0.391 e. The van der Waals surface area contributed by atoms with Crippen LogP contribution in [0.2, 0.25) is 0 Å². The zero-order valence-corrected chi connectivity index (χ0v) is 11.5. The summed E-state index contributed by atoms with van der Waals surface area (Å²) in [5, 5.41) is 19.6. The van der Waals surface area contributed by atoms with Crippen molar-refractivity contribution in [3.05, 3.63) is 16.8 Å². The van der Waals surface area contributed by atoms with Gasteiger partial charge >= 0.3 is 5.69 Å². The average Bonchev–Trinajstić information content (AvgIpc) is 2.70. The molecule has 0 radical (unpaired) electrons. The van der Waals surface area contributed by atoms with Crippen LogP contribution in [0.5, 0.6) is 0 Å². The van der Waals surface area contributed by atoms with E-state index >= 15 is 4.39 Å². The number of aliphatic hydroxyl groups is 2. The Morgan fingerprint density at radius 3 is 2.91 bits per heavy atom. The van der Waals surface area contributed by atoms with Crippen molar-refractivity contribution in [1.29, 1.82) is 0 Å². The highest BCUT2D eigenvalue weighted by molar-refractivity contribution is 5.24. The first-order valence-corrected chi connectivity index (χ1v) is 6.28. The third-order valence-corrected chi connectivity index (χ3v) is 3.21. The van der Waals surface area contributed by atoms with Gasteiger partial charge in [0.15, 0.2) is 6.23 Å². The van der Waals surface area contributed by atoms with Crippen molar-refractivity contribution in [1.82, 2.24) is 14.5 Å². The molecule has 1 fully saturated rings. The van der Waals surface area contributed by atoms with Gasteiger partial charge in [0.05, 0.1) is 6.10 Å². The van der Waals surface area contributed by atoms with E-state index in [-0.39, 0.29) is 5.95 Å².